The van der Waals surface area contributed by atoms with Gasteiger partial charge in [-0.2, -0.15) is 0 Å². The van der Waals surface area contributed by atoms with E-state index in [0.717, 1.165) is 0 Å². The molecule has 3 rings (SSSR count). The summed E-state index contributed by atoms with van der Waals surface area (Å²) in [5.41, 5.74) is 0.374. The third-order valence-corrected chi connectivity index (χ3v) is 4.57. The van der Waals surface area contributed by atoms with Crippen LogP contribution in [0.4, 0.5) is 0 Å². The number of carbonyl (C=O) groups is 3. The predicted molar refractivity (Wildman–Crippen MR) is 85.5 cm³/mol. The average molecular weight is 356 g/mol. The van der Waals surface area contributed by atoms with Gasteiger partial charge in [0.2, 0.25) is 11.8 Å². The van der Waals surface area contributed by atoms with Crippen LogP contribution in [-0.2, 0) is 9.59 Å². The van der Waals surface area contributed by atoms with E-state index in [1.807, 2.05) is 0 Å². The molecule has 122 valence electrons. The molecule has 8 heteroatoms. The minimum absolute atomic E-state index is 0.0880. The maximum Gasteiger partial charge on any atom is 0.254 e. The lowest BCUT2D eigenvalue weighted by Gasteiger charge is -2.45. The van der Waals surface area contributed by atoms with Crippen molar-refractivity contribution < 1.29 is 14.4 Å². The van der Waals surface area contributed by atoms with E-state index in [1.54, 1.807) is 35.0 Å². The lowest BCUT2D eigenvalue weighted by molar-refractivity contribution is -0.157. The van der Waals surface area contributed by atoms with Gasteiger partial charge in [-0.05, 0) is 18.2 Å². The van der Waals surface area contributed by atoms with Gasteiger partial charge in [0, 0.05) is 35.7 Å². The number of amides is 3. The Labute approximate surface area is 143 Å². The van der Waals surface area contributed by atoms with E-state index in [-0.39, 0.29) is 30.8 Å². The van der Waals surface area contributed by atoms with Crippen LogP contribution in [0.1, 0.15) is 10.4 Å². The third kappa shape index (κ3) is 3.01. The minimum Gasteiger partial charge on any atom is -0.335 e. The average Bonchev–Trinajstić information content (AvgIpc) is 2.50. The fourth-order valence-electron chi connectivity index (χ4n) is 2.96. The highest BCUT2D eigenvalue weighted by atomic mass is 35.5. The van der Waals surface area contributed by atoms with Crippen molar-refractivity contribution in [3.63, 3.8) is 0 Å². The molecule has 0 aromatic heterocycles. The Morgan fingerprint density at radius 2 is 1.78 bits per heavy atom. The highest BCUT2D eigenvalue weighted by Crippen LogP contribution is 2.23. The number of hydrogen-bond donors (Lipinski definition) is 0. The van der Waals surface area contributed by atoms with Crippen molar-refractivity contribution in [2.24, 2.45) is 0 Å². The van der Waals surface area contributed by atoms with Crippen LogP contribution < -0.4 is 0 Å². The Balaban J connectivity index is 1.81. The molecule has 3 amide bonds. The van der Waals surface area contributed by atoms with Crippen molar-refractivity contribution in [3.05, 3.63) is 33.8 Å². The van der Waals surface area contributed by atoms with E-state index < -0.39 is 6.04 Å². The zero-order chi connectivity index (χ0) is 16.7. The summed E-state index contributed by atoms with van der Waals surface area (Å²) < 4.78 is 0. The van der Waals surface area contributed by atoms with Crippen LogP contribution in [0.5, 0.6) is 0 Å². The Morgan fingerprint density at radius 3 is 2.43 bits per heavy atom. The topological polar surface area (TPSA) is 60.9 Å². The van der Waals surface area contributed by atoms with Crippen LogP contribution in [0, 0.1) is 0 Å². The highest BCUT2D eigenvalue weighted by molar-refractivity contribution is 6.35. The van der Waals surface area contributed by atoms with Gasteiger partial charge in [0.25, 0.3) is 5.91 Å². The Hall–Kier alpha value is -1.79. The first-order valence-corrected chi connectivity index (χ1v) is 7.92. The molecule has 2 fully saturated rings. The summed E-state index contributed by atoms with van der Waals surface area (Å²) in [6.07, 6.45) is 0. The molecule has 0 aliphatic carbocycles. The van der Waals surface area contributed by atoms with Crippen molar-refractivity contribution in [1.29, 1.82) is 0 Å². The molecule has 23 heavy (non-hydrogen) atoms. The Kier molecular flexibility index (Phi) is 4.21. The van der Waals surface area contributed by atoms with Gasteiger partial charge in [-0.25, -0.2) is 0 Å². The van der Waals surface area contributed by atoms with Gasteiger partial charge < -0.3 is 14.7 Å². The lowest BCUT2D eigenvalue weighted by atomic mass is 10.1. The van der Waals surface area contributed by atoms with Crippen LogP contribution in [0.2, 0.25) is 10.0 Å². The van der Waals surface area contributed by atoms with Crippen LogP contribution >= 0.6 is 23.2 Å². The second-order valence-electron chi connectivity index (χ2n) is 5.71. The van der Waals surface area contributed by atoms with Gasteiger partial charge in [-0.1, -0.05) is 23.2 Å². The van der Waals surface area contributed by atoms with Gasteiger partial charge in [0.15, 0.2) is 0 Å². The normalized spacial score (nSPS) is 21.5. The summed E-state index contributed by atoms with van der Waals surface area (Å²) in [7, 11) is 1.59. The van der Waals surface area contributed by atoms with E-state index in [2.05, 4.69) is 0 Å². The van der Waals surface area contributed by atoms with Crippen LogP contribution in [0.15, 0.2) is 18.2 Å². The molecule has 2 saturated heterocycles. The molecule has 1 atom stereocenters. The number of nitrogens with zero attached hydrogens (tertiary/aromatic N) is 3. The smallest absolute Gasteiger partial charge is 0.254 e. The van der Waals surface area contributed by atoms with Crippen molar-refractivity contribution in [2.75, 3.05) is 33.2 Å². The molecule has 0 bridgehead atoms. The zero-order valence-electron chi connectivity index (χ0n) is 12.5. The minimum atomic E-state index is -0.617. The maximum absolute atomic E-state index is 12.6. The van der Waals surface area contributed by atoms with Gasteiger partial charge in [0.05, 0.1) is 13.1 Å². The summed E-state index contributed by atoms with van der Waals surface area (Å²) in [6, 6.07) is 4.02. The van der Waals surface area contributed by atoms with Gasteiger partial charge in [-0.3, -0.25) is 14.4 Å². The fourth-order valence-corrected chi connectivity index (χ4v) is 3.49. The Morgan fingerprint density at radius 1 is 1.13 bits per heavy atom. The summed E-state index contributed by atoms with van der Waals surface area (Å²) in [6.45, 7) is 0.996. The number of piperazine rings is 2. The fraction of sp³-hybridized carbons (Fsp3) is 0.400. The van der Waals surface area contributed by atoms with E-state index >= 15 is 0 Å². The molecular weight excluding hydrogens is 341 g/mol. The zero-order valence-corrected chi connectivity index (χ0v) is 14.0. The molecule has 2 aliphatic rings. The molecule has 2 aliphatic heterocycles. The first-order chi connectivity index (χ1) is 10.9. The van der Waals surface area contributed by atoms with E-state index in [4.69, 9.17) is 23.2 Å². The van der Waals surface area contributed by atoms with Crippen LogP contribution in [0.3, 0.4) is 0 Å². The Bertz CT molecular complexity index is 674. The van der Waals surface area contributed by atoms with Crippen molar-refractivity contribution in [3.8, 4) is 0 Å². The summed E-state index contributed by atoms with van der Waals surface area (Å²) in [4.78, 5) is 41.4. The first kappa shape index (κ1) is 16.1. The van der Waals surface area contributed by atoms with Crippen molar-refractivity contribution >= 4 is 40.9 Å². The molecule has 1 aromatic rings. The molecule has 0 unspecified atom stereocenters. The number of rotatable bonds is 1. The van der Waals surface area contributed by atoms with Crippen LogP contribution in [-0.4, -0.2) is 71.7 Å². The van der Waals surface area contributed by atoms with Crippen molar-refractivity contribution in [1.82, 2.24) is 14.7 Å². The van der Waals surface area contributed by atoms with Gasteiger partial charge in [-0.15, -0.1) is 0 Å². The molecule has 0 spiro atoms. The SMILES string of the molecule is CN1CC(=O)N2CCN(C(=O)c3cc(Cl)cc(Cl)c3)C[C@@H]2C1=O. The summed E-state index contributed by atoms with van der Waals surface area (Å²) >= 11 is 11.9. The molecule has 0 saturated carbocycles. The van der Waals surface area contributed by atoms with Crippen molar-refractivity contribution in [2.45, 2.75) is 6.04 Å². The molecule has 2 heterocycles. The predicted octanol–water partition coefficient (Wildman–Crippen LogP) is 1.12. The first-order valence-electron chi connectivity index (χ1n) is 7.16. The number of likely N-dealkylation sites (N-methyl/N-ethyl adjacent to an activating group) is 1. The summed E-state index contributed by atoms with van der Waals surface area (Å²) in [5, 5.41) is 0.756. The van der Waals surface area contributed by atoms with Gasteiger partial charge in [0.1, 0.15) is 6.04 Å². The molecular formula is C15H15Cl2N3O3. The molecule has 6 nitrogen and oxygen atoms in total. The summed E-state index contributed by atoms with van der Waals surface area (Å²) in [5.74, 6) is -0.483. The van der Waals surface area contributed by atoms with Gasteiger partial charge >= 0.3 is 0 Å². The maximum atomic E-state index is 12.6. The number of halogens is 2. The number of hydrogen-bond acceptors (Lipinski definition) is 3. The quantitative estimate of drug-likeness (QED) is 0.758. The van der Waals surface area contributed by atoms with Crippen LogP contribution in [0.25, 0.3) is 0 Å². The second kappa shape index (κ2) is 6.02. The number of fused-ring (bicyclic) bond motifs is 1. The van der Waals surface area contributed by atoms with E-state index in [1.165, 1.54) is 4.90 Å². The molecule has 1 aromatic carbocycles. The van der Waals surface area contributed by atoms with E-state index in [9.17, 15) is 14.4 Å². The standard InChI is InChI=1S/C15H15Cl2N3O3/c1-18-8-13(21)20-3-2-19(7-12(20)15(18)23)14(22)9-4-10(16)6-11(17)5-9/h4-6,12H,2-3,7-8H2,1H3/t12-/m1/s1. The largest absolute Gasteiger partial charge is 0.335 e. The lowest BCUT2D eigenvalue weighted by Crippen LogP contribution is -2.66. The van der Waals surface area contributed by atoms with E-state index in [0.29, 0.717) is 28.7 Å². The number of carbonyl (C=O) groups excluding carboxylic acids is 3. The number of benzene rings is 1. The molecule has 0 radical (unpaired) electrons. The monoisotopic (exact) mass is 355 g/mol. The molecule has 0 N–H and O–H groups in total. The highest BCUT2D eigenvalue weighted by Gasteiger charge is 2.42. The second-order valence-corrected chi connectivity index (χ2v) is 6.58. The third-order valence-electron chi connectivity index (χ3n) is 4.13.